The minimum absolute atomic E-state index is 0.0463. The second-order valence-electron chi connectivity index (χ2n) is 6.46. The quantitative estimate of drug-likeness (QED) is 0.859. The lowest BCUT2D eigenvalue weighted by molar-refractivity contribution is -0.122. The molecule has 1 aromatic heterocycles. The van der Waals surface area contributed by atoms with Crippen LogP contribution in [0.1, 0.15) is 18.4 Å². The van der Waals surface area contributed by atoms with Crippen LogP contribution in [0.25, 0.3) is 0 Å². The van der Waals surface area contributed by atoms with Gasteiger partial charge in [0.15, 0.2) is 11.5 Å². The highest BCUT2D eigenvalue weighted by Gasteiger charge is 2.26. The zero-order valence-corrected chi connectivity index (χ0v) is 14.1. The van der Waals surface area contributed by atoms with Crippen LogP contribution in [0, 0.1) is 0 Å². The fraction of sp³-hybridized carbons (Fsp3) is 0.444. The average molecular weight is 342 g/mol. The zero-order valence-electron chi connectivity index (χ0n) is 14.1. The summed E-state index contributed by atoms with van der Waals surface area (Å²) in [6.45, 7) is 2.98. The van der Waals surface area contributed by atoms with Crippen molar-refractivity contribution in [1.82, 2.24) is 20.0 Å². The van der Waals surface area contributed by atoms with Gasteiger partial charge in [0.2, 0.25) is 12.7 Å². The molecule has 3 heterocycles. The zero-order chi connectivity index (χ0) is 17.1. The first-order valence-electron chi connectivity index (χ1n) is 8.64. The number of nitrogens with zero attached hydrogens (tertiary/aromatic N) is 3. The normalized spacial score (nSPS) is 19.3. The molecule has 0 saturated carbocycles. The summed E-state index contributed by atoms with van der Waals surface area (Å²) in [4.78, 5) is 14.6. The molecule has 0 aliphatic carbocycles. The van der Waals surface area contributed by atoms with E-state index >= 15 is 0 Å². The highest BCUT2D eigenvalue weighted by atomic mass is 16.7. The number of aromatic nitrogens is 2. The molecule has 1 atom stereocenters. The number of likely N-dealkylation sites (tertiary alicyclic amines) is 1. The van der Waals surface area contributed by atoms with Crippen LogP contribution in [0.15, 0.2) is 36.7 Å². The summed E-state index contributed by atoms with van der Waals surface area (Å²) in [6.07, 6.45) is 5.99. The average Bonchev–Trinajstić information content (AvgIpc) is 3.35. The van der Waals surface area contributed by atoms with Gasteiger partial charge in [-0.05, 0) is 43.1 Å². The summed E-state index contributed by atoms with van der Waals surface area (Å²) in [6, 6.07) is 8.04. The van der Waals surface area contributed by atoms with Gasteiger partial charge in [0.05, 0.1) is 13.1 Å². The first-order chi connectivity index (χ1) is 12.3. The molecule has 0 bridgehead atoms. The van der Waals surface area contributed by atoms with Crippen molar-refractivity contribution in [3.8, 4) is 11.5 Å². The van der Waals surface area contributed by atoms with Gasteiger partial charge in [-0.15, -0.1) is 0 Å². The van der Waals surface area contributed by atoms with Gasteiger partial charge in [0, 0.05) is 25.0 Å². The van der Waals surface area contributed by atoms with Gasteiger partial charge < -0.3 is 14.8 Å². The summed E-state index contributed by atoms with van der Waals surface area (Å²) < 4.78 is 12.6. The van der Waals surface area contributed by atoms with Crippen molar-refractivity contribution in [2.75, 3.05) is 19.9 Å². The molecule has 132 valence electrons. The van der Waals surface area contributed by atoms with Crippen LogP contribution in [0.5, 0.6) is 11.5 Å². The first-order valence-corrected chi connectivity index (χ1v) is 8.64. The van der Waals surface area contributed by atoms with E-state index in [9.17, 15) is 4.79 Å². The van der Waals surface area contributed by atoms with E-state index in [2.05, 4.69) is 15.3 Å². The SMILES string of the molecule is O=C(CN1CCC[C@H]1Cn1cccn1)NCc1ccc2c(c1)OCO2. The van der Waals surface area contributed by atoms with Crippen molar-refractivity contribution in [2.45, 2.75) is 32.0 Å². The Morgan fingerprint density at radius 1 is 1.32 bits per heavy atom. The predicted molar refractivity (Wildman–Crippen MR) is 91.2 cm³/mol. The van der Waals surface area contributed by atoms with Gasteiger partial charge in [-0.2, -0.15) is 5.10 Å². The lowest BCUT2D eigenvalue weighted by Gasteiger charge is -2.23. The van der Waals surface area contributed by atoms with Gasteiger partial charge in [-0.3, -0.25) is 14.4 Å². The molecule has 7 nitrogen and oxygen atoms in total. The summed E-state index contributed by atoms with van der Waals surface area (Å²) in [5.41, 5.74) is 1.01. The van der Waals surface area contributed by atoms with Crippen molar-refractivity contribution in [3.63, 3.8) is 0 Å². The Labute approximate surface area is 146 Å². The highest BCUT2D eigenvalue weighted by Crippen LogP contribution is 2.32. The highest BCUT2D eigenvalue weighted by molar-refractivity contribution is 5.78. The van der Waals surface area contributed by atoms with E-state index in [0.717, 1.165) is 43.0 Å². The molecule has 2 aliphatic heterocycles. The maximum atomic E-state index is 12.3. The van der Waals surface area contributed by atoms with Crippen LogP contribution in [-0.2, 0) is 17.9 Å². The summed E-state index contributed by atoms with van der Waals surface area (Å²) >= 11 is 0. The van der Waals surface area contributed by atoms with Crippen LogP contribution < -0.4 is 14.8 Å². The van der Waals surface area contributed by atoms with E-state index in [0.29, 0.717) is 19.1 Å². The number of amides is 1. The lowest BCUT2D eigenvalue weighted by Crippen LogP contribution is -2.41. The molecule has 2 aliphatic rings. The van der Waals surface area contributed by atoms with Crippen LogP contribution in [0.3, 0.4) is 0 Å². The molecule has 25 heavy (non-hydrogen) atoms. The maximum Gasteiger partial charge on any atom is 0.234 e. The van der Waals surface area contributed by atoms with Crippen molar-refractivity contribution in [1.29, 1.82) is 0 Å². The Balaban J connectivity index is 1.28. The van der Waals surface area contributed by atoms with E-state index in [4.69, 9.17) is 9.47 Å². The third-order valence-electron chi connectivity index (χ3n) is 4.73. The van der Waals surface area contributed by atoms with E-state index < -0.39 is 0 Å². The fourth-order valence-electron chi connectivity index (χ4n) is 3.43. The number of hydrogen-bond donors (Lipinski definition) is 1. The molecule has 0 spiro atoms. The van der Waals surface area contributed by atoms with Crippen LogP contribution in [-0.4, -0.2) is 46.5 Å². The largest absolute Gasteiger partial charge is 0.454 e. The number of ether oxygens (including phenoxy) is 2. The number of nitrogens with one attached hydrogen (secondary N) is 1. The van der Waals surface area contributed by atoms with Gasteiger partial charge in [-0.1, -0.05) is 6.07 Å². The Hall–Kier alpha value is -2.54. The number of benzene rings is 1. The molecule has 1 aromatic carbocycles. The molecule has 1 amide bonds. The predicted octanol–water partition coefficient (Wildman–Crippen LogP) is 1.39. The standard InChI is InChI=1S/C18H22N4O3/c23-18(19-10-14-4-5-16-17(9-14)25-13-24-16)12-21-7-1-3-15(21)11-22-8-2-6-20-22/h2,4-6,8-9,15H,1,3,7,10-13H2,(H,19,23)/t15-/m0/s1. The Kier molecular flexibility index (Phi) is 4.56. The summed E-state index contributed by atoms with van der Waals surface area (Å²) in [5.74, 6) is 1.55. The molecule has 7 heteroatoms. The Morgan fingerprint density at radius 3 is 3.12 bits per heavy atom. The fourth-order valence-corrected chi connectivity index (χ4v) is 3.43. The van der Waals surface area contributed by atoms with Crippen molar-refractivity contribution in [2.24, 2.45) is 0 Å². The molecule has 2 aromatic rings. The molecule has 1 fully saturated rings. The molecule has 4 rings (SSSR count). The number of carbonyl (C=O) groups is 1. The second-order valence-corrected chi connectivity index (χ2v) is 6.46. The first kappa shape index (κ1) is 16.0. The molecule has 0 radical (unpaired) electrons. The molecular weight excluding hydrogens is 320 g/mol. The number of fused-ring (bicyclic) bond motifs is 1. The van der Waals surface area contributed by atoms with E-state index in [1.165, 1.54) is 0 Å². The van der Waals surface area contributed by atoms with E-state index in [1.807, 2.05) is 35.1 Å². The minimum atomic E-state index is 0.0463. The number of rotatable bonds is 6. The molecule has 0 unspecified atom stereocenters. The van der Waals surface area contributed by atoms with Crippen LogP contribution >= 0.6 is 0 Å². The third kappa shape index (κ3) is 3.76. The second kappa shape index (κ2) is 7.14. The van der Waals surface area contributed by atoms with Crippen LogP contribution in [0.4, 0.5) is 0 Å². The van der Waals surface area contributed by atoms with Gasteiger partial charge in [-0.25, -0.2) is 0 Å². The van der Waals surface area contributed by atoms with Gasteiger partial charge in [0.25, 0.3) is 0 Å². The Morgan fingerprint density at radius 2 is 2.24 bits per heavy atom. The van der Waals surface area contributed by atoms with Gasteiger partial charge in [0.1, 0.15) is 0 Å². The summed E-state index contributed by atoms with van der Waals surface area (Å²) in [7, 11) is 0. The van der Waals surface area contributed by atoms with Crippen molar-refractivity contribution >= 4 is 5.91 Å². The van der Waals surface area contributed by atoms with E-state index in [-0.39, 0.29) is 12.7 Å². The smallest absolute Gasteiger partial charge is 0.234 e. The molecular formula is C18H22N4O3. The summed E-state index contributed by atoms with van der Waals surface area (Å²) in [5, 5.41) is 7.26. The van der Waals surface area contributed by atoms with Crippen LogP contribution in [0.2, 0.25) is 0 Å². The lowest BCUT2D eigenvalue weighted by atomic mass is 10.2. The molecule has 1 N–H and O–H groups in total. The minimum Gasteiger partial charge on any atom is -0.454 e. The van der Waals surface area contributed by atoms with E-state index in [1.54, 1.807) is 6.20 Å². The van der Waals surface area contributed by atoms with Crippen molar-refractivity contribution in [3.05, 3.63) is 42.2 Å². The van der Waals surface area contributed by atoms with Gasteiger partial charge >= 0.3 is 0 Å². The number of hydrogen-bond acceptors (Lipinski definition) is 5. The van der Waals surface area contributed by atoms with Crippen molar-refractivity contribution < 1.29 is 14.3 Å². The topological polar surface area (TPSA) is 68.6 Å². The monoisotopic (exact) mass is 342 g/mol. The maximum absolute atomic E-state index is 12.3. The molecule has 1 saturated heterocycles. The Bertz CT molecular complexity index is 732. The number of carbonyl (C=O) groups excluding carboxylic acids is 1. The third-order valence-corrected chi connectivity index (χ3v) is 4.73.